The second-order valence-corrected chi connectivity index (χ2v) is 6.80. The van der Waals surface area contributed by atoms with Crippen molar-refractivity contribution in [3.8, 4) is 5.75 Å². The molecule has 0 spiro atoms. The Hall–Kier alpha value is -2.44. The van der Waals surface area contributed by atoms with Crippen LogP contribution in [0.1, 0.15) is 12.5 Å². The van der Waals surface area contributed by atoms with Gasteiger partial charge in [0, 0.05) is 50.0 Å². The molecule has 0 saturated carbocycles. The zero-order chi connectivity index (χ0) is 19.2. The van der Waals surface area contributed by atoms with Gasteiger partial charge in [-0.3, -0.25) is 14.6 Å². The Morgan fingerprint density at radius 2 is 1.89 bits per heavy atom. The van der Waals surface area contributed by atoms with Gasteiger partial charge in [0.1, 0.15) is 11.6 Å². The molecule has 0 aromatic heterocycles. The number of hydrogen-bond donors (Lipinski definition) is 1. The van der Waals surface area contributed by atoms with Gasteiger partial charge in [-0.05, 0) is 25.1 Å². The van der Waals surface area contributed by atoms with E-state index >= 15 is 0 Å². The summed E-state index contributed by atoms with van der Waals surface area (Å²) in [5.74, 6) is 0.513. The van der Waals surface area contributed by atoms with Gasteiger partial charge in [0.05, 0.1) is 13.2 Å². The molecular weight excluding hydrogens is 345 g/mol. The third-order valence-corrected chi connectivity index (χ3v) is 5.02. The van der Waals surface area contributed by atoms with Crippen molar-refractivity contribution in [2.45, 2.75) is 19.5 Å². The van der Waals surface area contributed by atoms with Crippen molar-refractivity contribution in [3.05, 3.63) is 59.9 Å². The van der Waals surface area contributed by atoms with E-state index in [9.17, 15) is 9.18 Å². The van der Waals surface area contributed by atoms with Gasteiger partial charge in [0.25, 0.3) is 0 Å². The minimum atomic E-state index is -0.230. The molecule has 1 heterocycles. The number of anilines is 1. The van der Waals surface area contributed by atoms with Crippen LogP contribution in [0.25, 0.3) is 0 Å². The van der Waals surface area contributed by atoms with Gasteiger partial charge in [-0.15, -0.1) is 0 Å². The van der Waals surface area contributed by atoms with Crippen molar-refractivity contribution < 1.29 is 13.9 Å². The number of nitrogens with one attached hydrogen (secondary N) is 1. The SMILES string of the molecule is COc1cccc(NC(=O)[C@@H](C)N2CCN(Cc3ccccc3F)CC2)c1. The van der Waals surface area contributed by atoms with E-state index in [1.807, 2.05) is 37.3 Å². The number of carbonyl (C=O) groups is 1. The molecule has 1 amide bonds. The average Bonchev–Trinajstić information content (AvgIpc) is 2.70. The topological polar surface area (TPSA) is 44.8 Å². The second kappa shape index (κ2) is 8.97. The van der Waals surface area contributed by atoms with Crippen molar-refractivity contribution in [2.24, 2.45) is 0 Å². The van der Waals surface area contributed by atoms with E-state index in [-0.39, 0.29) is 17.8 Å². The third-order valence-electron chi connectivity index (χ3n) is 5.02. The van der Waals surface area contributed by atoms with Gasteiger partial charge in [0.15, 0.2) is 0 Å². The number of nitrogens with zero attached hydrogens (tertiary/aromatic N) is 2. The highest BCUT2D eigenvalue weighted by Crippen LogP contribution is 2.18. The molecule has 2 aromatic carbocycles. The fraction of sp³-hybridized carbons (Fsp3) is 0.381. The molecule has 5 nitrogen and oxygen atoms in total. The Kier molecular flexibility index (Phi) is 6.42. The van der Waals surface area contributed by atoms with E-state index in [0.717, 1.165) is 37.4 Å². The maximum Gasteiger partial charge on any atom is 0.241 e. The van der Waals surface area contributed by atoms with Crippen molar-refractivity contribution >= 4 is 11.6 Å². The number of amides is 1. The lowest BCUT2D eigenvalue weighted by Crippen LogP contribution is -2.52. The summed E-state index contributed by atoms with van der Waals surface area (Å²) in [6, 6.07) is 14.0. The lowest BCUT2D eigenvalue weighted by atomic mass is 10.1. The van der Waals surface area contributed by atoms with Gasteiger partial charge in [-0.2, -0.15) is 0 Å². The third kappa shape index (κ3) is 5.05. The molecule has 3 rings (SSSR count). The molecule has 27 heavy (non-hydrogen) atoms. The Balaban J connectivity index is 1.51. The van der Waals surface area contributed by atoms with Crippen LogP contribution in [0.15, 0.2) is 48.5 Å². The van der Waals surface area contributed by atoms with Crippen LogP contribution in [0.4, 0.5) is 10.1 Å². The first-order chi connectivity index (χ1) is 13.1. The number of benzene rings is 2. The monoisotopic (exact) mass is 371 g/mol. The van der Waals surface area contributed by atoms with Crippen LogP contribution in [0.2, 0.25) is 0 Å². The summed E-state index contributed by atoms with van der Waals surface area (Å²) < 4.78 is 19.0. The van der Waals surface area contributed by atoms with Crippen LogP contribution < -0.4 is 10.1 Å². The van der Waals surface area contributed by atoms with Gasteiger partial charge in [-0.25, -0.2) is 4.39 Å². The standard InChI is InChI=1S/C21H26FN3O2/c1-16(21(26)23-18-7-5-8-19(14-18)27-2)25-12-10-24(11-13-25)15-17-6-3-4-9-20(17)22/h3-9,14,16H,10-13,15H2,1-2H3,(H,23,26)/t16-/m1/s1. The summed E-state index contributed by atoms with van der Waals surface area (Å²) in [6.45, 7) is 5.70. The fourth-order valence-corrected chi connectivity index (χ4v) is 3.29. The Labute approximate surface area is 159 Å². The average molecular weight is 371 g/mol. The maximum absolute atomic E-state index is 13.8. The molecule has 1 aliphatic rings. The van der Waals surface area contributed by atoms with Crippen molar-refractivity contribution in [3.63, 3.8) is 0 Å². The molecule has 0 radical (unpaired) electrons. The molecule has 1 saturated heterocycles. The van der Waals surface area contributed by atoms with Gasteiger partial charge >= 0.3 is 0 Å². The molecule has 1 aliphatic heterocycles. The van der Waals surface area contributed by atoms with Gasteiger partial charge in [-0.1, -0.05) is 24.3 Å². The minimum Gasteiger partial charge on any atom is -0.497 e. The van der Waals surface area contributed by atoms with Crippen LogP contribution >= 0.6 is 0 Å². The molecule has 0 aliphatic carbocycles. The zero-order valence-corrected chi connectivity index (χ0v) is 15.8. The Bertz CT molecular complexity index is 776. The van der Waals surface area contributed by atoms with E-state index in [4.69, 9.17) is 4.74 Å². The molecule has 0 bridgehead atoms. The molecule has 1 fully saturated rings. The highest BCUT2D eigenvalue weighted by molar-refractivity contribution is 5.94. The molecule has 0 unspecified atom stereocenters. The second-order valence-electron chi connectivity index (χ2n) is 6.80. The summed E-state index contributed by atoms with van der Waals surface area (Å²) in [5, 5.41) is 2.95. The smallest absolute Gasteiger partial charge is 0.241 e. The molecule has 6 heteroatoms. The van der Waals surface area contributed by atoms with Gasteiger partial charge in [0.2, 0.25) is 5.91 Å². The van der Waals surface area contributed by atoms with Crippen molar-refractivity contribution in [2.75, 3.05) is 38.6 Å². The Morgan fingerprint density at radius 1 is 1.15 bits per heavy atom. The molecule has 1 atom stereocenters. The first-order valence-electron chi connectivity index (χ1n) is 9.21. The predicted octanol–water partition coefficient (Wildman–Crippen LogP) is 2.98. The summed E-state index contributed by atoms with van der Waals surface area (Å²) in [5.41, 5.74) is 1.44. The fourth-order valence-electron chi connectivity index (χ4n) is 3.29. The van der Waals surface area contributed by atoms with Crippen LogP contribution in [-0.4, -0.2) is 55.0 Å². The zero-order valence-electron chi connectivity index (χ0n) is 15.8. The highest BCUT2D eigenvalue weighted by atomic mass is 19.1. The predicted molar refractivity (Wildman–Crippen MR) is 104 cm³/mol. The molecule has 1 N–H and O–H groups in total. The highest BCUT2D eigenvalue weighted by Gasteiger charge is 2.26. The van der Waals surface area contributed by atoms with E-state index in [1.165, 1.54) is 6.07 Å². The summed E-state index contributed by atoms with van der Waals surface area (Å²) >= 11 is 0. The van der Waals surface area contributed by atoms with Crippen LogP contribution in [0.3, 0.4) is 0 Å². The van der Waals surface area contributed by atoms with E-state index in [1.54, 1.807) is 19.2 Å². The van der Waals surface area contributed by atoms with Crippen molar-refractivity contribution in [1.82, 2.24) is 9.80 Å². The Morgan fingerprint density at radius 3 is 2.59 bits per heavy atom. The molecule has 144 valence electrons. The molecule has 2 aromatic rings. The maximum atomic E-state index is 13.8. The minimum absolute atomic E-state index is 0.0363. The lowest BCUT2D eigenvalue weighted by molar-refractivity contribution is -0.121. The number of piperazine rings is 1. The van der Waals surface area contributed by atoms with Crippen LogP contribution in [0, 0.1) is 5.82 Å². The summed E-state index contributed by atoms with van der Waals surface area (Å²) in [4.78, 5) is 17.0. The van der Waals surface area contributed by atoms with Gasteiger partial charge < -0.3 is 10.1 Å². The van der Waals surface area contributed by atoms with Crippen molar-refractivity contribution in [1.29, 1.82) is 0 Å². The van der Waals surface area contributed by atoms with E-state index < -0.39 is 0 Å². The number of hydrogen-bond acceptors (Lipinski definition) is 4. The number of carbonyl (C=O) groups excluding carboxylic acids is 1. The largest absolute Gasteiger partial charge is 0.497 e. The number of methoxy groups -OCH3 is 1. The summed E-state index contributed by atoms with van der Waals surface area (Å²) in [7, 11) is 1.60. The normalized spacial score (nSPS) is 16.7. The lowest BCUT2D eigenvalue weighted by Gasteiger charge is -2.37. The first-order valence-corrected chi connectivity index (χ1v) is 9.21. The van der Waals surface area contributed by atoms with Crippen LogP contribution in [-0.2, 0) is 11.3 Å². The number of rotatable bonds is 6. The molecular formula is C21H26FN3O2. The number of halogens is 1. The first kappa shape index (κ1) is 19.3. The summed E-state index contributed by atoms with van der Waals surface area (Å²) in [6.07, 6.45) is 0. The number of ether oxygens (including phenoxy) is 1. The van der Waals surface area contributed by atoms with Crippen LogP contribution in [0.5, 0.6) is 5.75 Å². The van der Waals surface area contributed by atoms with E-state index in [2.05, 4.69) is 15.1 Å². The van der Waals surface area contributed by atoms with E-state index in [0.29, 0.717) is 12.3 Å². The quantitative estimate of drug-likeness (QED) is 0.848.